The Labute approximate surface area is 354 Å². The van der Waals surface area contributed by atoms with Crippen molar-refractivity contribution in [3.8, 4) is 11.5 Å². The first-order valence-electron chi connectivity index (χ1n) is 20.4. The number of phenols is 1. The molecule has 11 rings (SSSR count). The normalized spacial score (nSPS) is 31.2. The van der Waals surface area contributed by atoms with E-state index in [2.05, 4.69) is 62.2 Å². The maximum absolute atomic E-state index is 14.7. The molecule has 9 N–H and O–H groups in total. The maximum atomic E-state index is 14.7. The lowest BCUT2D eigenvalue weighted by molar-refractivity contribution is -0.187. The number of H-pyrrole nitrogens is 1. The van der Waals surface area contributed by atoms with Crippen LogP contribution in [0.15, 0.2) is 105 Å². The minimum atomic E-state index is -1.33. The van der Waals surface area contributed by atoms with Crippen LogP contribution in [-0.2, 0) is 27.2 Å². The number of carbonyl (C=O) groups excluding carboxylic acids is 1. The van der Waals surface area contributed by atoms with Gasteiger partial charge in [-0.1, -0.05) is 39.8 Å². The van der Waals surface area contributed by atoms with Gasteiger partial charge in [-0.3, -0.25) is 4.79 Å². The number of benzene rings is 1. The molecule has 0 amide bonds. The molecule has 16 heteroatoms. The number of ether oxygens (including phenoxy) is 3. The number of hydrogen-bond donors (Lipinski definition) is 7. The lowest BCUT2D eigenvalue weighted by atomic mass is 9.70. The Balaban J connectivity index is 1.02. The highest BCUT2D eigenvalue weighted by molar-refractivity contribution is 8.77. The third kappa shape index (κ3) is 6.59. The molecule has 1 saturated heterocycles. The summed E-state index contributed by atoms with van der Waals surface area (Å²) >= 11 is 0. The van der Waals surface area contributed by atoms with E-state index in [1.165, 1.54) is 6.07 Å². The summed E-state index contributed by atoms with van der Waals surface area (Å²) in [4.78, 5) is 31.1. The molecular formula is C44H49N7O7S2. The highest BCUT2D eigenvalue weighted by Gasteiger charge is 2.66. The zero-order valence-electron chi connectivity index (χ0n) is 33.6. The molecule has 14 nitrogen and oxygen atoms in total. The topological polar surface area (TPSA) is 207 Å². The molecule has 1 fully saturated rings. The Kier molecular flexibility index (Phi) is 9.42. The van der Waals surface area contributed by atoms with Crippen LogP contribution >= 0.6 is 21.6 Å². The summed E-state index contributed by atoms with van der Waals surface area (Å²) in [6.45, 7) is 4.85. The van der Waals surface area contributed by atoms with E-state index in [4.69, 9.17) is 30.1 Å². The van der Waals surface area contributed by atoms with E-state index in [-0.39, 0.29) is 45.9 Å². The summed E-state index contributed by atoms with van der Waals surface area (Å²) in [7, 11) is 5.23. The summed E-state index contributed by atoms with van der Waals surface area (Å²) in [5, 5.41) is 23.1. The van der Waals surface area contributed by atoms with Gasteiger partial charge in [-0.25, -0.2) is 4.79 Å². The van der Waals surface area contributed by atoms with E-state index < -0.39 is 28.9 Å². The summed E-state index contributed by atoms with van der Waals surface area (Å²) in [5.41, 5.74) is 14.4. The molecule has 4 aromatic rings. The fraction of sp³-hybridized carbons (Fsp3) is 0.409. The first-order valence-corrected chi connectivity index (χ1v) is 22.8. The number of dihydropyridines is 2. The largest absolute Gasteiger partial charge is 0.507 e. The van der Waals surface area contributed by atoms with Gasteiger partial charge in [0.1, 0.15) is 34.0 Å². The molecule has 7 aliphatic rings. The van der Waals surface area contributed by atoms with Crippen LogP contribution in [0.3, 0.4) is 0 Å². The Morgan fingerprint density at radius 1 is 1.13 bits per heavy atom. The average Bonchev–Trinajstić information content (AvgIpc) is 3.52. The van der Waals surface area contributed by atoms with Crippen LogP contribution in [0, 0.1) is 6.92 Å². The van der Waals surface area contributed by atoms with Crippen molar-refractivity contribution >= 4 is 49.4 Å². The Bertz CT molecular complexity index is 2630. The number of rotatable bonds is 5. The van der Waals surface area contributed by atoms with E-state index in [9.17, 15) is 14.7 Å². The van der Waals surface area contributed by atoms with Crippen LogP contribution in [0.1, 0.15) is 43.9 Å². The van der Waals surface area contributed by atoms with E-state index >= 15 is 0 Å². The molecule has 6 aliphatic heterocycles. The fourth-order valence-corrected chi connectivity index (χ4v) is 12.4. The van der Waals surface area contributed by atoms with E-state index in [1.807, 2.05) is 32.3 Å². The highest BCUT2D eigenvalue weighted by atomic mass is 33.1. The van der Waals surface area contributed by atoms with Crippen molar-refractivity contribution in [2.75, 3.05) is 19.3 Å². The first-order chi connectivity index (χ1) is 28.9. The third-order valence-electron chi connectivity index (χ3n) is 12.9. The van der Waals surface area contributed by atoms with Crippen LogP contribution in [0.2, 0.25) is 0 Å². The van der Waals surface area contributed by atoms with E-state index in [1.54, 1.807) is 34.6 Å². The van der Waals surface area contributed by atoms with Crippen molar-refractivity contribution in [2.45, 2.75) is 92.7 Å². The lowest BCUT2D eigenvalue weighted by Crippen LogP contribution is -2.64. The number of nitrogens with zero attached hydrogens (tertiary/aromatic N) is 1. The van der Waals surface area contributed by atoms with Gasteiger partial charge in [-0.2, -0.15) is 0 Å². The summed E-state index contributed by atoms with van der Waals surface area (Å²) in [5.74, 6) is 1.87. The number of nitrogens with two attached hydrogens (primary N) is 2. The summed E-state index contributed by atoms with van der Waals surface area (Å²) in [6.07, 6.45) is 18.3. The molecule has 1 aliphatic carbocycles. The van der Waals surface area contributed by atoms with Gasteiger partial charge >= 0.3 is 5.97 Å². The summed E-state index contributed by atoms with van der Waals surface area (Å²) < 4.78 is 28.1. The van der Waals surface area contributed by atoms with Gasteiger partial charge < -0.3 is 60.7 Å². The Morgan fingerprint density at radius 3 is 2.83 bits per heavy atom. The van der Waals surface area contributed by atoms with Gasteiger partial charge in [-0.05, 0) is 69.6 Å². The zero-order chi connectivity index (χ0) is 41.6. The highest BCUT2D eigenvalue weighted by Crippen LogP contribution is 2.55. The van der Waals surface area contributed by atoms with Gasteiger partial charge in [0.25, 0.3) is 0 Å². The van der Waals surface area contributed by atoms with Crippen LogP contribution in [0.25, 0.3) is 21.9 Å². The number of carbonyl (C=O) groups is 1. The van der Waals surface area contributed by atoms with Gasteiger partial charge in [0.2, 0.25) is 0 Å². The second-order valence-corrected chi connectivity index (χ2v) is 19.6. The number of esters is 1. The van der Waals surface area contributed by atoms with Crippen molar-refractivity contribution < 1.29 is 28.5 Å². The van der Waals surface area contributed by atoms with Gasteiger partial charge in [0, 0.05) is 84.1 Å². The predicted molar refractivity (Wildman–Crippen MR) is 233 cm³/mol. The van der Waals surface area contributed by atoms with Crippen molar-refractivity contribution in [2.24, 2.45) is 11.5 Å². The lowest BCUT2D eigenvalue weighted by Gasteiger charge is -2.52. The quantitative estimate of drug-likeness (QED) is 0.0625. The second-order valence-electron chi connectivity index (χ2n) is 17.0. The molecule has 314 valence electrons. The molecular weight excluding hydrogens is 803 g/mol. The number of fused-ring (bicyclic) bond motifs is 7. The van der Waals surface area contributed by atoms with Crippen molar-refractivity contribution in [1.82, 2.24) is 25.5 Å². The van der Waals surface area contributed by atoms with E-state index in [0.29, 0.717) is 73.2 Å². The van der Waals surface area contributed by atoms with Crippen molar-refractivity contribution in [3.63, 3.8) is 0 Å². The monoisotopic (exact) mass is 851 g/mol. The van der Waals surface area contributed by atoms with Gasteiger partial charge in [0.15, 0.2) is 22.2 Å². The molecule has 4 bridgehead atoms. The zero-order valence-corrected chi connectivity index (χ0v) is 35.3. The number of nitrogens with one attached hydrogen (secondary N) is 4. The minimum absolute atomic E-state index is 0.0561. The molecule has 0 radical (unpaired) electrons. The van der Waals surface area contributed by atoms with Crippen LogP contribution in [-0.4, -0.2) is 80.2 Å². The molecule has 0 saturated carbocycles. The van der Waals surface area contributed by atoms with Crippen LogP contribution in [0.5, 0.6) is 11.5 Å². The minimum Gasteiger partial charge on any atom is -0.507 e. The SMILES string of the molecule is CNCCC12OC1CCC1=CC(NC(N)=C1)C1=CC(Cn3cc4cc[nH]c4c3)NC(N)=C1CSSC1C=CC3(Cc4c(cc5oc(C)cc(=O)c5c4O)OC3(C)C1)OC2=O. The second kappa shape index (κ2) is 14.5. The van der Waals surface area contributed by atoms with Gasteiger partial charge in [0.05, 0.1) is 29.5 Å². The number of aromatic amines is 1. The molecule has 9 heterocycles. The number of hydrogen-bond acceptors (Lipinski definition) is 14. The number of phenolic OH excluding ortho intramolecular Hbond substituents is 1. The number of aromatic hydroxyl groups is 1. The predicted octanol–water partition coefficient (Wildman–Crippen LogP) is 4.78. The molecule has 7 unspecified atom stereocenters. The van der Waals surface area contributed by atoms with Crippen LogP contribution < -0.4 is 37.6 Å². The molecule has 1 aromatic carbocycles. The average molecular weight is 852 g/mol. The fourth-order valence-electron chi connectivity index (χ4n) is 9.68. The van der Waals surface area contributed by atoms with Gasteiger partial charge in [-0.15, -0.1) is 0 Å². The Hall–Kier alpha value is -5.16. The van der Waals surface area contributed by atoms with Crippen LogP contribution in [0.4, 0.5) is 0 Å². The maximum Gasteiger partial charge on any atom is 0.342 e. The molecule has 1 spiro atoms. The Morgan fingerprint density at radius 2 is 2.00 bits per heavy atom. The number of aromatic nitrogens is 2. The smallest absolute Gasteiger partial charge is 0.342 e. The van der Waals surface area contributed by atoms with Crippen molar-refractivity contribution in [3.05, 3.63) is 117 Å². The number of aryl methyl sites for hydroxylation is 1. The summed E-state index contributed by atoms with van der Waals surface area (Å²) in [6, 6.07) is 4.79. The number of epoxide rings is 1. The van der Waals surface area contributed by atoms with E-state index in [0.717, 1.165) is 27.6 Å². The molecule has 7 atom stereocenters. The molecule has 60 heavy (non-hydrogen) atoms. The first kappa shape index (κ1) is 39.0. The standard InChI is InChI=1S/C44H49N7O7S2/c1-23-12-33(52)38-35(55-23)16-34-29(39(38)53)18-43-8-6-27(17-42(43,2)56-34)60-59-22-30-28(15-26(49-40(30)46)20-51-19-25-7-10-48-32(25)21-51)31-13-24(14-37(45)50-31)4-5-36-44(57-36,9-11-47-3)41(54)58-43/h6-8,10,12-16,19,21,26-27,31,36,47-50,53H,4-5,9,11,17-18,20,22,45-46H2,1-3H3. The third-order valence-corrected chi connectivity index (χ3v) is 15.5. The number of allylic oxidation sites excluding steroid dienone is 2. The van der Waals surface area contributed by atoms with Crippen molar-refractivity contribution in [1.29, 1.82) is 0 Å². The molecule has 3 aromatic heterocycles.